The van der Waals surface area contributed by atoms with Crippen LogP contribution in [0.25, 0.3) is 0 Å². The van der Waals surface area contributed by atoms with Crippen molar-refractivity contribution < 1.29 is 13.9 Å². The lowest BCUT2D eigenvalue weighted by atomic mass is 10.2. The molecule has 1 atom stereocenters. The summed E-state index contributed by atoms with van der Waals surface area (Å²) in [5.41, 5.74) is 0.444. The molecule has 0 aliphatic carbocycles. The van der Waals surface area contributed by atoms with Crippen LogP contribution in [0.1, 0.15) is 11.0 Å². The smallest absolute Gasteiger partial charge is 0.160 e. The van der Waals surface area contributed by atoms with E-state index in [9.17, 15) is 13.9 Å². The first-order valence-electron chi connectivity index (χ1n) is 5.07. The highest BCUT2D eigenvalue weighted by Crippen LogP contribution is 2.20. The zero-order valence-corrected chi connectivity index (χ0v) is 9.68. The summed E-state index contributed by atoms with van der Waals surface area (Å²) in [6.07, 6.45) is -0.650. The highest BCUT2D eigenvalue weighted by atomic mass is 32.1. The van der Waals surface area contributed by atoms with Crippen molar-refractivity contribution in [2.45, 2.75) is 6.10 Å². The SMILES string of the molecule is OC(CNc1ccc(F)c(F)c1)c1cccs1. The number of hydrogen-bond donors (Lipinski definition) is 2. The van der Waals surface area contributed by atoms with E-state index in [0.717, 1.165) is 17.0 Å². The molecule has 1 aromatic carbocycles. The summed E-state index contributed by atoms with van der Waals surface area (Å²) < 4.78 is 25.6. The van der Waals surface area contributed by atoms with Gasteiger partial charge < -0.3 is 10.4 Å². The van der Waals surface area contributed by atoms with Gasteiger partial charge in [-0.1, -0.05) is 6.07 Å². The molecule has 2 aromatic rings. The molecule has 2 nitrogen and oxygen atoms in total. The minimum atomic E-state index is -0.902. The molecule has 2 N–H and O–H groups in total. The number of halogens is 2. The van der Waals surface area contributed by atoms with Crippen LogP contribution in [0.15, 0.2) is 35.7 Å². The molecule has 0 fully saturated rings. The maximum atomic E-state index is 12.9. The predicted octanol–water partition coefficient (Wildman–Crippen LogP) is 3.17. The Morgan fingerprint density at radius 2 is 2.06 bits per heavy atom. The molecule has 0 amide bonds. The Balaban J connectivity index is 1.96. The molecule has 0 bridgehead atoms. The Kier molecular flexibility index (Phi) is 3.71. The van der Waals surface area contributed by atoms with E-state index in [1.54, 1.807) is 0 Å². The third kappa shape index (κ3) is 3.01. The van der Waals surface area contributed by atoms with Crippen LogP contribution in [0.3, 0.4) is 0 Å². The fraction of sp³-hybridized carbons (Fsp3) is 0.167. The number of thiophene rings is 1. The molecule has 90 valence electrons. The summed E-state index contributed by atoms with van der Waals surface area (Å²) in [4.78, 5) is 0.833. The first-order chi connectivity index (χ1) is 8.16. The van der Waals surface area contributed by atoms with Gasteiger partial charge in [-0.2, -0.15) is 0 Å². The Morgan fingerprint density at radius 1 is 1.24 bits per heavy atom. The third-order valence-electron chi connectivity index (χ3n) is 2.29. The maximum absolute atomic E-state index is 12.9. The van der Waals surface area contributed by atoms with Crippen LogP contribution in [-0.4, -0.2) is 11.7 Å². The standard InChI is InChI=1S/C12H11F2NOS/c13-9-4-3-8(6-10(9)14)15-7-11(16)12-2-1-5-17-12/h1-6,11,15-16H,7H2. The Hall–Kier alpha value is -1.46. The second-order valence-electron chi connectivity index (χ2n) is 3.54. The average molecular weight is 255 g/mol. The van der Waals surface area contributed by atoms with Crippen molar-refractivity contribution in [3.63, 3.8) is 0 Å². The first-order valence-corrected chi connectivity index (χ1v) is 5.95. The minimum Gasteiger partial charge on any atom is -0.386 e. The van der Waals surface area contributed by atoms with Gasteiger partial charge in [-0.25, -0.2) is 8.78 Å². The van der Waals surface area contributed by atoms with Crippen LogP contribution in [0.5, 0.6) is 0 Å². The molecule has 0 saturated heterocycles. The van der Waals surface area contributed by atoms with Crippen LogP contribution < -0.4 is 5.32 Å². The number of aliphatic hydroxyl groups excluding tert-OH is 1. The molecule has 5 heteroatoms. The first kappa shape index (κ1) is 12.0. The van der Waals surface area contributed by atoms with Crippen molar-refractivity contribution in [1.82, 2.24) is 0 Å². The van der Waals surface area contributed by atoms with Gasteiger partial charge in [0.1, 0.15) is 6.10 Å². The Morgan fingerprint density at radius 3 is 2.71 bits per heavy atom. The van der Waals surface area contributed by atoms with Gasteiger partial charge in [0, 0.05) is 23.2 Å². The fourth-order valence-corrected chi connectivity index (χ4v) is 2.11. The van der Waals surface area contributed by atoms with Gasteiger partial charge in [-0.15, -0.1) is 11.3 Å². The molecule has 0 spiro atoms. The fourth-order valence-electron chi connectivity index (χ4n) is 1.40. The van der Waals surface area contributed by atoms with Crippen LogP contribution >= 0.6 is 11.3 Å². The lowest BCUT2D eigenvalue weighted by Crippen LogP contribution is -2.11. The van der Waals surface area contributed by atoms with E-state index in [1.165, 1.54) is 17.4 Å². The highest BCUT2D eigenvalue weighted by Gasteiger charge is 2.08. The number of aliphatic hydroxyl groups is 1. The van der Waals surface area contributed by atoms with Gasteiger partial charge >= 0.3 is 0 Å². The molecule has 1 aromatic heterocycles. The van der Waals surface area contributed by atoms with Gasteiger partial charge in [0.2, 0.25) is 0 Å². The lowest BCUT2D eigenvalue weighted by Gasteiger charge is -2.11. The molecule has 0 aliphatic rings. The van der Waals surface area contributed by atoms with E-state index >= 15 is 0 Å². The Bertz CT molecular complexity index is 487. The van der Waals surface area contributed by atoms with Gasteiger partial charge in [0.25, 0.3) is 0 Å². The van der Waals surface area contributed by atoms with Crippen LogP contribution in [0, 0.1) is 11.6 Å². The molecular weight excluding hydrogens is 244 g/mol. The van der Waals surface area contributed by atoms with Gasteiger partial charge in [0.15, 0.2) is 11.6 Å². The number of benzene rings is 1. The Labute approximate surface area is 102 Å². The topological polar surface area (TPSA) is 32.3 Å². The largest absolute Gasteiger partial charge is 0.386 e. The lowest BCUT2D eigenvalue weighted by molar-refractivity contribution is 0.195. The number of rotatable bonds is 4. The predicted molar refractivity (Wildman–Crippen MR) is 64.1 cm³/mol. The van der Waals surface area contributed by atoms with E-state index in [0.29, 0.717) is 5.69 Å². The summed E-state index contributed by atoms with van der Waals surface area (Å²) in [6, 6.07) is 7.22. The molecule has 0 radical (unpaired) electrons. The monoisotopic (exact) mass is 255 g/mol. The zero-order chi connectivity index (χ0) is 12.3. The van der Waals surface area contributed by atoms with Crippen molar-refractivity contribution in [3.05, 3.63) is 52.2 Å². The molecule has 0 saturated carbocycles. The summed E-state index contributed by atoms with van der Waals surface area (Å²) in [6.45, 7) is 0.256. The van der Waals surface area contributed by atoms with E-state index in [2.05, 4.69) is 5.32 Å². The molecule has 2 rings (SSSR count). The summed E-state index contributed by atoms with van der Waals surface area (Å²) >= 11 is 1.45. The van der Waals surface area contributed by atoms with E-state index < -0.39 is 17.7 Å². The zero-order valence-electron chi connectivity index (χ0n) is 8.86. The summed E-state index contributed by atoms with van der Waals surface area (Å²) in [5, 5.41) is 14.5. The normalized spacial score (nSPS) is 12.4. The van der Waals surface area contributed by atoms with Crippen molar-refractivity contribution in [1.29, 1.82) is 0 Å². The van der Waals surface area contributed by atoms with Crippen LogP contribution in [0.4, 0.5) is 14.5 Å². The van der Waals surface area contributed by atoms with Crippen molar-refractivity contribution in [3.8, 4) is 0 Å². The second-order valence-corrected chi connectivity index (χ2v) is 4.52. The molecular formula is C12H11F2NOS. The van der Waals surface area contributed by atoms with Crippen LogP contribution in [0.2, 0.25) is 0 Å². The molecule has 1 unspecified atom stereocenters. The molecule has 0 aliphatic heterocycles. The second kappa shape index (κ2) is 5.25. The van der Waals surface area contributed by atoms with Crippen molar-refractivity contribution in [2.75, 3.05) is 11.9 Å². The maximum Gasteiger partial charge on any atom is 0.160 e. The van der Waals surface area contributed by atoms with E-state index in [4.69, 9.17) is 0 Å². The molecule has 17 heavy (non-hydrogen) atoms. The van der Waals surface area contributed by atoms with Gasteiger partial charge in [-0.05, 0) is 23.6 Å². The third-order valence-corrected chi connectivity index (χ3v) is 3.26. The van der Waals surface area contributed by atoms with Gasteiger partial charge in [0.05, 0.1) is 0 Å². The van der Waals surface area contributed by atoms with E-state index in [1.807, 2.05) is 17.5 Å². The number of nitrogens with one attached hydrogen (secondary N) is 1. The minimum absolute atomic E-state index is 0.256. The number of anilines is 1. The quantitative estimate of drug-likeness (QED) is 0.879. The average Bonchev–Trinajstić information content (AvgIpc) is 2.84. The van der Waals surface area contributed by atoms with Crippen molar-refractivity contribution in [2.24, 2.45) is 0 Å². The van der Waals surface area contributed by atoms with E-state index in [-0.39, 0.29) is 6.54 Å². The van der Waals surface area contributed by atoms with Crippen molar-refractivity contribution >= 4 is 17.0 Å². The van der Waals surface area contributed by atoms with Gasteiger partial charge in [-0.3, -0.25) is 0 Å². The number of hydrogen-bond acceptors (Lipinski definition) is 3. The highest BCUT2D eigenvalue weighted by molar-refractivity contribution is 7.10. The molecule has 1 heterocycles. The summed E-state index contributed by atoms with van der Waals surface area (Å²) in [7, 11) is 0. The van der Waals surface area contributed by atoms with Crippen LogP contribution in [-0.2, 0) is 0 Å². The summed E-state index contributed by atoms with van der Waals surface area (Å²) in [5.74, 6) is -1.78.